The Morgan fingerprint density at radius 3 is 2.24 bits per heavy atom. The summed E-state index contributed by atoms with van der Waals surface area (Å²) in [5.74, 6) is -0.393. The lowest BCUT2D eigenvalue weighted by molar-refractivity contribution is -0.158. The number of nitrogens with one attached hydrogen (secondary N) is 1. The molecule has 0 unspecified atom stereocenters. The number of nitrogens with zero attached hydrogens (tertiary/aromatic N) is 1. The van der Waals surface area contributed by atoms with Gasteiger partial charge in [0, 0.05) is 19.0 Å². The molecule has 0 fully saturated rings. The molecule has 1 atom stereocenters. The first-order valence-electron chi connectivity index (χ1n) is 14.0. The smallest absolute Gasteiger partial charge is 0.411 e. The van der Waals surface area contributed by atoms with Gasteiger partial charge in [0.15, 0.2) is 5.60 Å². The van der Waals surface area contributed by atoms with Gasteiger partial charge in [-0.3, -0.25) is 14.5 Å². The molecule has 3 rings (SSSR count). The van der Waals surface area contributed by atoms with E-state index in [1.54, 1.807) is 66.7 Å². The third-order valence-corrected chi connectivity index (χ3v) is 6.91. The van der Waals surface area contributed by atoms with Gasteiger partial charge in [-0.1, -0.05) is 6.07 Å². The maximum absolute atomic E-state index is 13.8. The minimum atomic E-state index is -1.22. The minimum absolute atomic E-state index is 0.0990. The second-order valence-electron chi connectivity index (χ2n) is 12.0. The van der Waals surface area contributed by atoms with Gasteiger partial charge < -0.3 is 24.3 Å². The molecule has 0 spiro atoms. The van der Waals surface area contributed by atoms with Crippen molar-refractivity contribution >= 4 is 29.6 Å². The summed E-state index contributed by atoms with van der Waals surface area (Å²) in [6.45, 7) is 17.4. The van der Waals surface area contributed by atoms with Gasteiger partial charge in [0.2, 0.25) is 5.91 Å². The predicted molar refractivity (Wildman–Crippen MR) is 158 cm³/mol. The summed E-state index contributed by atoms with van der Waals surface area (Å²) in [6.07, 6.45) is -0.384. The number of fused-ring (bicyclic) bond motifs is 1. The van der Waals surface area contributed by atoms with Crippen LogP contribution in [0.25, 0.3) is 0 Å². The van der Waals surface area contributed by atoms with E-state index in [1.165, 1.54) is 11.8 Å². The molecule has 0 aliphatic carbocycles. The average Bonchev–Trinajstić information content (AvgIpc) is 2.87. The van der Waals surface area contributed by atoms with Gasteiger partial charge in [-0.25, -0.2) is 9.59 Å². The second kappa shape index (κ2) is 12.4. The van der Waals surface area contributed by atoms with Crippen LogP contribution < -0.4 is 14.8 Å². The first-order chi connectivity index (χ1) is 19.4. The third-order valence-electron chi connectivity index (χ3n) is 6.91. The van der Waals surface area contributed by atoms with E-state index < -0.39 is 35.3 Å². The van der Waals surface area contributed by atoms with Crippen LogP contribution in [0.4, 0.5) is 10.5 Å². The van der Waals surface area contributed by atoms with Crippen molar-refractivity contribution in [2.24, 2.45) is 0 Å². The van der Waals surface area contributed by atoms with E-state index in [2.05, 4.69) is 5.32 Å². The van der Waals surface area contributed by atoms with Crippen LogP contribution in [0.2, 0.25) is 0 Å². The van der Waals surface area contributed by atoms with E-state index in [1.807, 2.05) is 19.9 Å². The Bertz CT molecular complexity index is 1390. The largest absolute Gasteiger partial charge is 0.476 e. The van der Waals surface area contributed by atoms with Crippen molar-refractivity contribution in [3.8, 4) is 11.5 Å². The van der Waals surface area contributed by atoms with Gasteiger partial charge in [0.1, 0.15) is 23.1 Å². The average molecular weight is 583 g/mol. The fourth-order valence-corrected chi connectivity index (χ4v) is 4.72. The van der Waals surface area contributed by atoms with Crippen molar-refractivity contribution in [2.75, 3.05) is 11.9 Å². The molecule has 1 aliphatic rings. The molecule has 0 saturated carbocycles. The first kappa shape index (κ1) is 32.4. The van der Waals surface area contributed by atoms with Crippen LogP contribution in [-0.2, 0) is 36.8 Å². The van der Waals surface area contributed by atoms with Crippen LogP contribution in [-0.4, -0.2) is 52.7 Å². The molecule has 10 heteroatoms. The summed E-state index contributed by atoms with van der Waals surface area (Å²) in [5.41, 5.74) is 2.38. The number of hydrogen-bond donors (Lipinski definition) is 1. The number of aryl methyl sites for hydroxylation is 1. The van der Waals surface area contributed by atoms with Crippen molar-refractivity contribution in [1.29, 1.82) is 0 Å². The maximum Gasteiger partial charge on any atom is 0.411 e. The molecular formula is C32H42N2O8. The van der Waals surface area contributed by atoms with Crippen molar-refractivity contribution in [3.63, 3.8) is 0 Å². The van der Waals surface area contributed by atoms with E-state index in [-0.39, 0.29) is 25.5 Å². The molecule has 10 nitrogen and oxygen atoms in total. The highest BCUT2D eigenvalue weighted by Gasteiger charge is 2.38. The molecule has 0 bridgehead atoms. The highest BCUT2D eigenvalue weighted by molar-refractivity contribution is 5.98. The van der Waals surface area contributed by atoms with Gasteiger partial charge in [0.05, 0.1) is 13.2 Å². The second-order valence-corrected chi connectivity index (χ2v) is 12.0. The summed E-state index contributed by atoms with van der Waals surface area (Å²) >= 11 is 0. The van der Waals surface area contributed by atoms with Crippen LogP contribution in [0.3, 0.4) is 0 Å². The van der Waals surface area contributed by atoms with E-state index in [0.717, 1.165) is 22.3 Å². The summed E-state index contributed by atoms with van der Waals surface area (Å²) in [7, 11) is 0. The van der Waals surface area contributed by atoms with Crippen molar-refractivity contribution < 1.29 is 38.1 Å². The summed E-state index contributed by atoms with van der Waals surface area (Å²) < 4.78 is 22.1. The topological polar surface area (TPSA) is 120 Å². The molecule has 1 heterocycles. The normalized spacial score (nSPS) is 14.9. The Morgan fingerprint density at radius 2 is 1.64 bits per heavy atom. The third kappa shape index (κ3) is 7.60. The number of rotatable bonds is 7. The zero-order chi connectivity index (χ0) is 31.6. The minimum Gasteiger partial charge on any atom is -0.476 e. The van der Waals surface area contributed by atoms with Gasteiger partial charge in [0.25, 0.3) is 0 Å². The molecule has 1 aliphatic heterocycles. The number of ether oxygens (including phenoxy) is 4. The van der Waals surface area contributed by atoms with Gasteiger partial charge in [-0.15, -0.1) is 0 Å². The number of amides is 2. The molecular weight excluding hydrogens is 540 g/mol. The maximum atomic E-state index is 13.8. The Balaban J connectivity index is 1.94. The fourth-order valence-electron chi connectivity index (χ4n) is 4.72. The van der Waals surface area contributed by atoms with Crippen molar-refractivity contribution in [2.45, 2.75) is 99.4 Å². The van der Waals surface area contributed by atoms with Gasteiger partial charge in [-0.2, -0.15) is 0 Å². The Kier molecular flexibility index (Phi) is 9.59. The number of benzene rings is 2. The van der Waals surface area contributed by atoms with E-state index >= 15 is 0 Å². The zero-order valence-corrected chi connectivity index (χ0v) is 26.2. The lowest BCUT2D eigenvalue weighted by Crippen LogP contribution is -2.52. The van der Waals surface area contributed by atoms with Gasteiger partial charge in [-0.05, 0) is 108 Å². The standard InChI is InChI=1S/C32H42N2O8/c1-11-39-29(37)32(9,10)41-24-13-12-22-16-26(34(17-23(22)15-24)30(38)42-31(6,7)8)28(36)33-25-14-18(2)27(40-21(5)35)20(4)19(25)3/h12-15,26H,11,16-17H2,1-10H3,(H,33,36)/t26-/m0/s1. The Labute approximate surface area is 247 Å². The summed E-state index contributed by atoms with van der Waals surface area (Å²) in [5, 5.41) is 2.98. The summed E-state index contributed by atoms with van der Waals surface area (Å²) in [4.78, 5) is 52.5. The van der Waals surface area contributed by atoms with Crippen molar-refractivity contribution in [1.82, 2.24) is 4.90 Å². The Morgan fingerprint density at radius 1 is 0.976 bits per heavy atom. The number of anilines is 1. The zero-order valence-electron chi connectivity index (χ0n) is 26.2. The lowest BCUT2D eigenvalue weighted by atomic mass is 9.93. The number of carbonyl (C=O) groups is 4. The molecule has 0 aromatic heterocycles. The fraction of sp³-hybridized carbons (Fsp3) is 0.500. The van der Waals surface area contributed by atoms with Crippen LogP contribution in [0.15, 0.2) is 24.3 Å². The quantitative estimate of drug-likeness (QED) is 0.333. The van der Waals surface area contributed by atoms with Crippen molar-refractivity contribution in [3.05, 3.63) is 52.1 Å². The molecule has 0 radical (unpaired) electrons. The molecule has 228 valence electrons. The molecule has 2 amide bonds. The summed E-state index contributed by atoms with van der Waals surface area (Å²) in [6, 6.07) is 6.24. The van der Waals surface area contributed by atoms with Crippen LogP contribution >= 0.6 is 0 Å². The first-order valence-corrected chi connectivity index (χ1v) is 14.0. The van der Waals surface area contributed by atoms with Crippen LogP contribution in [0, 0.1) is 20.8 Å². The lowest BCUT2D eigenvalue weighted by Gasteiger charge is -2.37. The molecule has 42 heavy (non-hydrogen) atoms. The van der Waals surface area contributed by atoms with Gasteiger partial charge >= 0.3 is 18.0 Å². The SMILES string of the molecule is CCOC(=O)C(C)(C)Oc1ccc2c(c1)CN(C(=O)OC(C)(C)C)[C@H](C(=O)Nc1cc(C)c(OC(C)=O)c(C)c1C)C2. The van der Waals surface area contributed by atoms with E-state index in [0.29, 0.717) is 22.7 Å². The van der Waals surface area contributed by atoms with E-state index in [9.17, 15) is 19.2 Å². The van der Waals surface area contributed by atoms with Crippen LogP contribution in [0.5, 0.6) is 11.5 Å². The monoisotopic (exact) mass is 582 g/mol. The number of hydrogen-bond acceptors (Lipinski definition) is 8. The highest BCUT2D eigenvalue weighted by Crippen LogP contribution is 2.34. The molecule has 1 N–H and O–H groups in total. The molecule has 0 saturated heterocycles. The van der Waals surface area contributed by atoms with E-state index in [4.69, 9.17) is 18.9 Å². The van der Waals surface area contributed by atoms with Crippen LogP contribution in [0.1, 0.15) is 76.3 Å². The number of esters is 2. The highest BCUT2D eigenvalue weighted by atomic mass is 16.6. The molecule has 2 aromatic rings. The predicted octanol–water partition coefficient (Wildman–Crippen LogP) is 5.56. The Hall–Kier alpha value is -4.08. The number of carbonyl (C=O) groups excluding carboxylic acids is 4. The molecule has 2 aromatic carbocycles.